The van der Waals surface area contributed by atoms with Crippen LogP contribution in [0.15, 0.2) is 54.9 Å². The van der Waals surface area contributed by atoms with Crippen molar-refractivity contribution in [3.63, 3.8) is 0 Å². The van der Waals surface area contributed by atoms with Crippen molar-refractivity contribution in [1.82, 2.24) is 14.7 Å². The summed E-state index contributed by atoms with van der Waals surface area (Å²) in [6.07, 6.45) is 6.92. The summed E-state index contributed by atoms with van der Waals surface area (Å²) < 4.78 is 7.01. The lowest BCUT2D eigenvalue weighted by Gasteiger charge is -2.00. The van der Waals surface area contributed by atoms with E-state index in [1.807, 2.05) is 41.1 Å². The molecule has 0 aliphatic carbocycles. The number of imidazole rings is 1. The van der Waals surface area contributed by atoms with Gasteiger partial charge in [-0.2, -0.15) is 0 Å². The number of nitrogens with zero attached hydrogens (tertiary/aromatic N) is 2. The zero-order valence-corrected chi connectivity index (χ0v) is 13.8. The zero-order valence-electron chi connectivity index (χ0n) is 13.1. The number of aromatic nitrogens is 2. The van der Waals surface area contributed by atoms with Crippen molar-refractivity contribution in [3.8, 4) is 5.75 Å². The molecule has 122 valence electrons. The molecule has 0 unspecified atom stereocenters. The summed E-state index contributed by atoms with van der Waals surface area (Å²) in [6.45, 7) is 0.348. The third kappa shape index (κ3) is 3.94. The summed E-state index contributed by atoms with van der Waals surface area (Å²) in [4.78, 5) is 16.3. The predicted molar refractivity (Wildman–Crippen MR) is 94.1 cm³/mol. The fourth-order valence-electron chi connectivity index (χ4n) is 2.25. The Balaban J connectivity index is 1.60. The molecule has 1 aromatic carbocycles. The second kappa shape index (κ2) is 7.19. The molecule has 0 saturated carbocycles. The molecule has 0 radical (unpaired) electrons. The summed E-state index contributed by atoms with van der Waals surface area (Å²) in [5, 5.41) is 3.44. The number of amides is 1. The minimum atomic E-state index is -0.187. The highest BCUT2D eigenvalue weighted by molar-refractivity contribution is 6.30. The van der Waals surface area contributed by atoms with E-state index in [4.69, 9.17) is 16.3 Å². The van der Waals surface area contributed by atoms with Gasteiger partial charge in [-0.3, -0.25) is 4.79 Å². The average molecular weight is 342 g/mol. The third-order valence-electron chi connectivity index (χ3n) is 3.44. The first-order valence-electron chi connectivity index (χ1n) is 7.37. The topological polar surface area (TPSA) is 55.6 Å². The Morgan fingerprint density at radius 1 is 1.38 bits per heavy atom. The van der Waals surface area contributed by atoms with Crippen LogP contribution in [0, 0.1) is 0 Å². The molecule has 2 heterocycles. The molecule has 0 saturated heterocycles. The van der Waals surface area contributed by atoms with Crippen LogP contribution in [0.4, 0.5) is 0 Å². The van der Waals surface area contributed by atoms with E-state index in [0.29, 0.717) is 11.6 Å². The molecule has 24 heavy (non-hydrogen) atoms. The number of pyridine rings is 1. The molecule has 0 bridgehead atoms. The van der Waals surface area contributed by atoms with Gasteiger partial charge in [0, 0.05) is 23.5 Å². The molecular formula is C18H16ClN3O2. The first kappa shape index (κ1) is 16.1. The van der Waals surface area contributed by atoms with Crippen molar-refractivity contribution in [3.05, 3.63) is 71.1 Å². The van der Waals surface area contributed by atoms with Crippen molar-refractivity contribution >= 4 is 29.2 Å². The van der Waals surface area contributed by atoms with E-state index in [-0.39, 0.29) is 5.91 Å². The second-order valence-electron chi connectivity index (χ2n) is 5.17. The molecule has 1 amide bonds. The lowest BCUT2D eigenvalue weighted by molar-refractivity contribution is -0.116. The molecule has 0 aliphatic rings. The van der Waals surface area contributed by atoms with E-state index < -0.39 is 0 Å². The Morgan fingerprint density at radius 3 is 3.08 bits per heavy atom. The van der Waals surface area contributed by atoms with Gasteiger partial charge >= 0.3 is 0 Å². The number of carbonyl (C=O) groups excluding carboxylic acids is 1. The fraction of sp³-hybridized carbons (Fsp3) is 0.111. The number of carbonyl (C=O) groups is 1. The summed E-state index contributed by atoms with van der Waals surface area (Å²) in [5.74, 6) is 0.564. The van der Waals surface area contributed by atoms with Crippen molar-refractivity contribution in [1.29, 1.82) is 0 Å². The van der Waals surface area contributed by atoms with Gasteiger partial charge in [0.05, 0.1) is 19.3 Å². The van der Waals surface area contributed by atoms with Crippen LogP contribution >= 0.6 is 11.6 Å². The van der Waals surface area contributed by atoms with Crippen molar-refractivity contribution in [2.24, 2.45) is 0 Å². The van der Waals surface area contributed by atoms with Gasteiger partial charge < -0.3 is 14.5 Å². The Bertz CT molecular complexity index is 902. The van der Waals surface area contributed by atoms with Crippen LogP contribution in [0.5, 0.6) is 5.75 Å². The molecule has 0 atom stereocenters. The van der Waals surface area contributed by atoms with Crippen molar-refractivity contribution in [2.75, 3.05) is 7.11 Å². The maximum atomic E-state index is 11.9. The first-order chi connectivity index (χ1) is 11.6. The van der Waals surface area contributed by atoms with Crippen LogP contribution in [-0.4, -0.2) is 22.4 Å². The van der Waals surface area contributed by atoms with E-state index in [1.165, 1.54) is 6.08 Å². The largest absolute Gasteiger partial charge is 0.497 e. The molecule has 5 nitrogen and oxygen atoms in total. The number of hydrogen-bond donors (Lipinski definition) is 1. The van der Waals surface area contributed by atoms with E-state index in [0.717, 1.165) is 22.7 Å². The van der Waals surface area contributed by atoms with Crippen LogP contribution < -0.4 is 10.1 Å². The Kier molecular flexibility index (Phi) is 4.82. The summed E-state index contributed by atoms with van der Waals surface area (Å²) in [6, 6.07) is 11.0. The van der Waals surface area contributed by atoms with Gasteiger partial charge in [0.25, 0.3) is 0 Å². The van der Waals surface area contributed by atoms with Crippen molar-refractivity contribution in [2.45, 2.75) is 6.54 Å². The maximum Gasteiger partial charge on any atom is 0.244 e. The number of fused-ring (bicyclic) bond motifs is 1. The minimum absolute atomic E-state index is 0.187. The first-order valence-corrected chi connectivity index (χ1v) is 7.75. The number of rotatable bonds is 5. The highest BCUT2D eigenvalue weighted by Crippen LogP contribution is 2.14. The van der Waals surface area contributed by atoms with Gasteiger partial charge in [-0.1, -0.05) is 23.7 Å². The number of methoxy groups -OCH3 is 1. The quantitative estimate of drug-likeness (QED) is 0.724. The average Bonchev–Trinajstić information content (AvgIpc) is 3.00. The Morgan fingerprint density at radius 2 is 2.25 bits per heavy atom. The standard InChI is InChI=1S/C18H16ClN3O2/c1-24-16-4-2-3-13(9-16)5-6-18(23)20-11-15-12-22-8-7-14(19)10-17(22)21-15/h2-10,12H,11H2,1H3,(H,20,23)/b6-5+. The molecule has 3 rings (SSSR count). The van der Waals surface area contributed by atoms with Crippen LogP contribution in [0.2, 0.25) is 5.02 Å². The smallest absolute Gasteiger partial charge is 0.244 e. The van der Waals surface area contributed by atoms with Gasteiger partial charge in [-0.05, 0) is 35.9 Å². The molecule has 6 heteroatoms. The second-order valence-corrected chi connectivity index (χ2v) is 5.61. The SMILES string of the molecule is COc1cccc(/C=C/C(=O)NCc2cn3ccc(Cl)cc3n2)c1. The Labute approximate surface area is 144 Å². The normalized spacial score (nSPS) is 11.1. The minimum Gasteiger partial charge on any atom is -0.497 e. The lowest BCUT2D eigenvalue weighted by Crippen LogP contribution is -2.20. The molecule has 3 aromatic rings. The number of nitrogens with one attached hydrogen (secondary N) is 1. The van der Waals surface area contributed by atoms with Gasteiger partial charge in [0.1, 0.15) is 11.4 Å². The van der Waals surface area contributed by atoms with Crippen LogP contribution in [0.1, 0.15) is 11.3 Å². The molecule has 0 aliphatic heterocycles. The van der Waals surface area contributed by atoms with Gasteiger partial charge in [-0.25, -0.2) is 4.98 Å². The highest BCUT2D eigenvalue weighted by Gasteiger charge is 2.03. The number of halogens is 1. The van der Waals surface area contributed by atoms with Crippen LogP contribution in [-0.2, 0) is 11.3 Å². The Hall–Kier alpha value is -2.79. The molecule has 2 aromatic heterocycles. The highest BCUT2D eigenvalue weighted by atomic mass is 35.5. The fourth-order valence-corrected chi connectivity index (χ4v) is 2.40. The number of hydrogen-bond acceptors (Lipinski definition) is 3. The van der Waals surface area contributed by atoms with Crippen molar-refractivity contribution < 1.29 is 9.53 Å². The van der Waals surface area contributed by atoms with Gasteiger partial charge in [-0.15, -0.1) is 0 Å². The van der Waals surface area contributed by atoms with Crippen LogP contribution in [0.3, 0.4) is 0 Å². The summed E-state index contributed by atoms with van der Waals surface area (Å²) in [7, 11) is 1.61. The lowest BCUT2D eigenvalue weighted by atomic mass is 10.2. The monoisotopic (exact) mass is 341 g/mol. The van der Waals surface area contributed by atoms with Crippen LogP contribution in [0.25, 0.3) is 11.7 Å². The van der Waals surface area contributed by atoms with E-state index in [2.05, 4.69) is 10.3 Å². The zero-order chi connectivity index (χ0) is 16.9. The molecular weight excluding hydrogens is 326 g/mol. The van der Waals surface area contributed by atoms with Gasteiger partial charge in [0.2, 0.25) is 5.91 Å². The third-order valence-corrected chi connectivity index (χ3v) is 3.67. The van der Waals surface area contributed by atoms with E-state index in [1.54, 1.807) is 25.3 Å². The molecule has 1 N–H and O–H groups in total. The number of benzene rings is 1. The van der Waals surface area contributed by atoms with E-state index in [9.17, 15) is 4.79 Å². The molecule has 0 spiro atoms. The number of ether oxygens (including phenoxy) is 1. The summed E-state index contributed by atoms with van der Waals surface area (Å²) >= 11 is 5.94. The predicted octanol–water partition coefficient (Wildman–Crippen LogP) is 3.33. The van der Waals surface area contributed by atoms with Gasteiger partial charge in [0.15, 0.2) is 0 Å². The molecule has 0 fully saturated rings. The van der Waals surface area contributed by atoms with E-state index >= 15 is 0 Å². The summed E-state index contributed by atoms with van der Waals surface area (Å²) in [5.41, 5.74) is 2.41. The maximum absolute atomic E-state index is 11.9.